The Balaban J connectivity index is 2.23. The summed E-state index contributed by atoms with van der Waals surface area (Å²) in [6.45, 7) is 4.36. The molecule has 1 unspecified atom stereocenters. The zero-order valence-corrected chi connectivity index (χ0v) is 10.6. The predicted molar refractivity (Wildman–Crippen MR) is 73.4 cm³/mol. The summed E-state index contributed by atoms with van der Waals surface area (Å²) in [5.41, 5.74) is 5.52. The van der Waals surface area contributed by atoms with Crippen molar-refractivity contribution in [2.24, 2.45) is 0 Å². The molecule has 1 nitrogen and oxygen atoms in total. The van der Waals surface area contributed by atoms with Gasteiger partial charge in [-0.1, -0.05) is 36.4 Å². The van der Waals surface area contributed by atoms with Gasteiger partial charge in [0.2, 0.25) is 0 Å². The van der Waals surface area contributed by atoms with E-state index in [2.05, 4.69) is 74.4 Å². The van der Waals surface area contributed by atoms with Crippen LogP contribution in [-0.4, -0.2) is 17.5 Å². The first-order valence-electron chi connectivity index (χ1n) is 6.08. The molecular formula is C16H17N. The number of rotatable bonds is 1. The fraction of sp³-hybridized carbons (Fsp3) is 0.250. The van der Waals surface area contributed by atoms with Crippen molar-refractivity contribution in [2.75, 3.05) is 7.05 Å². The van der Waals surface area contributed by atoms with E-state index < -0.39 is 0 Å². The Morgan fingerprint density at radius 1 is 1.12 bits per heavy atom. The molecule has 17 heavy (non-hydrogen) atoms. The zero-order chi connectivity index (χ0) is 12.0. The van der Waals surface area contributed by atoms with Crippen LogP contribution in [0.3, 0.4) is 0 Å². The van der Waals surface area contributed by atoms with Crippen LogP contribution in [0.15, 0.2) is 47.7 Å². The average Bonchev–Trinajstić information content (AvgIpc) is 2.88. The van der Waals surface area contributed by atoms with Gasteiger partial charge in [-0.2, -0.15) is 0 Å². The van der Waals surface area contributed by atoms with Crippen molar-refractivity contribution in [3.8, 4) is 0 Å². The minimum absolute atomic E-state index is 0.103. The van der Waals surface area contributed by atoms with E-state index in [0.29, 0.717) is 0 Å². The molecule has 0 amide bonds. The summed E-state index contributed by atoms with van der Waals surface area (Å²) in [6.07, 6.45) is 8.96. The highest BCUT2D eigenvalue weighted by Gasteiger charge is 2.53. The van der Waals surface area contributed by atoms with Gasteiger partial charge in [0.25, 0.3) is 0 Å². The SMILES string of the molecule is C/C=C\C1=Cc2ccccc2C=C2N(C)C12C. The second kappa shape index (κ2) is 3.36. The second-order valence-corrected chi connectivity index (χ2v) is 4.89. The summed E-state index contributed by atoms with van der Waals surface area (Å²) in [6, 6.07) is 8.57. The minimum atomic E-state index is 0.103. The van der Waals surface area contributed by atoms with Gasteiger partial charge in [0.1, 0.15) is 5.54 Å². The Hall–Kier alpha value is -1.76. The number of hydrogen-bond donors (Lipinski definition) is 0. The summed E-state index contributed by atoms with van der Waals surface area (Å²) >= 11 is 0. The molecule has 1 aliphatic carbocycles. The molecule has 1 saturated heterocycles. The highest BCUT2D eigenvalue weighted by atomic mass is 15.4. The first kappa shape index (κ1) is 10.4. The van der Waals surface area contributed by atoms with Crippen LogP contribution >= 0.6 is 0 Å². The molecule has 1 aromatic carbocycles. The van der Waals surface area contributed by atoms with Crippen LogP contribution in [0, 0.1) is 0 Å². The van der Waals surface area contributed by atoms with Crippen molar-refractivity contribution in [1.29, 1.82) is 0 Å². The Morgan fingerprint density at radius 3 is 2.41 bits per heavy atom. The van der Waals surface area contributed by atoms with Gasteiger partial charge in [-0.3, -0.25) is 0 Å². The van der Waals surface area contributed by atoms with Crippen LogP contribution in [0.25, 0.3) is 12.2 Å². The van der Waals surface area contributed by atoms with Crippen LogP contribution in [0.2, 0.25) is 0 Å². The van der Waals surface area contributed by atoms with Crippen LogP contribution < -0.4 is 0 Å². The van der Waals surface area contributed by atoms with Crippen molar-refractivity contribution in [1.82, 2.24) is 4.90 Å². The van der Waals surface area contributed by atoms with Gasteiger partial charge in [-0.15, -0.1) is 0 Å². The Kier molecular flexibility index (Phi) is 2.06. The average molecular weight is 223 g/mol. The molecule has 86 valence electrons. The number of benzene rings is 1. The fourth-order valence-corrected chi connectivity index (χ4v) is 2.69. The Morgan fingerprint density at radius 2 is 1.76 bits per heavy atom. The summed E-state index contributed by atoms with van der Waals surface area (Å²) in [7, 11) is 2.16. The Labute approximate surface area is 103 Å². The molecule has 1 aromatic rings. The molecule has 3 rings (SSSR count). The van der Waals surface area contributed by atoms with Crippen LogP contribution in [-0.2, 0) is 0 Å². The highest BCUT2D eigenvalue weighted by molar-refractivity contribution is 5.79. The van der Waals surface area contributed by atoms with Crippen molar-refractivity contribution in [3.05, 3.63) is 58.8 Å². The Bertz CT molecular complexity index is 563. The molecule has 0 N–H and O–H groups in total. The second-order valence-electron chi connectivity index (χ2n) is 4.89. The minimum Gasteiger partial charge on any atom is -0.361 e. The molecule has 0 spiro atoms. The number of fused-ring (bicyclic) bond motifs is 2. The highest BCUT2D eigenvalue weighted by Crippen LogP contribution is 2.52. The lowest BCUT2D eigenvalue weighted by molar-refractivity contribution is 0.561. The van der Waals surface area contributed by atoms with Gasteiger partial charge in [0, 0.05) is 12.7 Å². The van der Waals surface area contributed by atoms with Gasteiger partial charge in [-0.05, 0) is 42.7 Å². The lowest BCUT2D eigenvalue weighted by atomic mass is 9.98. The quantitative estimate of drug-likeness (QED) is 0.656. The topological polar surface area (TPSA) is 3.01 Å². The largest absolute Gasteiger partial charge is 0.361 e. The zero-order valence-electron chi connectivity index (χ0n) is 10.6. The van der Waals surface area contributed by atoms with E-state index in [0.717, 1.165) is 0 Å². The maximum absolute atomic E-state index is 2.34. The fourth-order valence-electron chi connectivity index (χ4n) is 2.69. The smallest absolute Gasteiger partial charge is 0.102 e. The van der Waals surface area contributed by atoms with E-state index in [4.69, 9.17) is 0 Å². The third-order valence-electron chi connectivity index (χ3n) is 3.99. The molecule has 1 heteroatoms. The standard InChI is InChI=1S/C16H17N/c1-4-7-14-10-12-8-5-6-9-13(12)11-15-16(14,2)17(15)3/h4-11H,1-3H3/b7-4-. The van der Waals surface area contributed by atoms with E-state index in [9.17, 15) is 0 Å². The van der Waals surface area contributed by atoms with Crippen LogP contribution in [0.5, 0.6) is 0 Å². The van der Waals surface area contributed by atoms with Gasteiger partial charge >= 0.3 is 0 Å². The molecule has 1 aliphatic heterocycles. The van der Waals surface area contributed by atoms with Crippen LogP contribution in [0.1, 0.15) is 25.0 Å². The molecule has 1 atom stereocenters. The van der Waals surface area contributed by atoms with Crippen molar-refractivity contribution >= 4 is 12.2 Å². The summed E-state index contributed by atoms with van der Waals surface area (Å²) in [5.74, 6) is 0. The number of nitrogens with zero attached hydrogens (tertiary/aromatic N) is 1. The first-order valence-corrected chi connectivity index (χ1v) is 6.08. The molecule has 0 bridgehead atoms. The van der Waals surface area contributed by atoms with Crippen molar-refractivity contribution < 1.29 is 0 Å². The third kappa shape index (κ3) is 1.32. The predicted octanol–water partition coefficient (Wildman–Crippen LogP) is 3.70. The summed E-state index contributed by atoms with van der Waals surface area (Å²) in [5, 5.41) is 0. The molecular weight excluding hydrogens is 206 g/mol. The van der Waals surface area contributed by atoms with Gasteiger partial charge in [0.05, 0.1) is 0 Å². The van der Waals surface area contributed by atoms with Gasteiger partial charge in [0.15, 0.2) is 0 Å². The summed E-state index contributed by atoms with van der Waals surface area (Å²) in [4.78, 5) is 2.34. The maximum Gasteiger partial charge on any atom is 0.102 e. The van der Waals surface area contributed by atoms with E-state index in [1.54, 1.807) is 0 Å². The van der Waals surface area contributed by atoms with Gasteiger partial charge in [-0.25, -0.2) is 0 Å². The van der Waals surface area contributed by atoms with E-state index in [-0.39, 0.29) is 5.54 Å². The third-order valence-corrected chi connectivity index (χ3v) is 3.99. The number of allylic oxidation sites excluding steroid dienone is 1. The van der Waals surface area contributed by atoms with Crippen LogP contribution in [0.4, 0.5) is 0 Å². The van der Waals surface area contributed by atoms with Crippen molar-refractivity contribution in [2.45, 2.75) is 19.4 Å². The first-order chi connectivity index (χ1) is 8.17. The molecule has 2 aliphatic rings. The lowest BCUT2D eigenvalue weighted by Crippen LogP contribution is -2.12. The monoisotopic (exact) mass is 223 g/mol. The van der Waals surface area contributed by atoms with E-state index in [1.165, 1.54) is 22.4 Å². The molecule has 0 saturated carbocycles. The van der Waals surface area contributed by atoms with E-state index in [1.807, 2.05) is 0 Å². The van der Waals surface area contributed by atoms with Gasteiger partial charge < -0.3 is 4.90 Å². The normalized spacial score (nSPS) is 25.9. The van der Waals surface area contributed by atoms with Crippen molar-refractivity contribution in [3.63, 3.8) is 0 Å². The number of likely N-dealkylation sites (N-methyl/N-ethyl adjacent to an activating group) is 1. The molecule has 0 radical (unpaired) electrons. The lowest BCUT2D eigenvalue weighted by Gasteiger charge is -2.11. The number of hydrogen-bond acceptors (Lipinski definition) is 1. The summed E-state index contributed by atoms with van der Waals surface area (Å²) < 4.78 is 0. The maximum atomic E-state index is 2.34. The van der Waals surface area contributed by atoms with E-state index >= 15 is 0 Å². The molecule has 1 heterocycles. The molecule has 0 aromatic heterocycles. The molecule has 1 fully saturated rings.